The number of hydrogen-bond donors (Lipinski definition) is 2. The molecule has 0 spiro atoms. The number of benzene rings is 2. The van der Waals surface area contributed by atoms with Crippen molar-refractivity contribution in [2.24, 2.45) is 0 Å². The topological polar surface area (TPSA) is 92.7 Å². The molecule has 0 bridgehead atoms. The smallest absolute Gasteiger partial charge is 0.244 e. The molecule has 2 aromatic rings. The van der Waals surface area contributed by atoms with E-state index in [2.05, 4.69) is 4.72 Å². The van der Waals surface area contributed by atoms with Gasteiger partial charge in [-0.3, -0.25) is 4.79 Å². The first-order chi connectivity index (χ1) is 11.3. The summed E-state index contributed by atoms with van der Waals surface area (Å²) in [7, 11) is -2.56. The van der Waals surface area contributed by atoms with E-state index in [4.69, 9.17) is 4.74 Å². The van der Waals surface area contributed by atoms with E-state index < -0.39 is 15.8 Å². The average molecular weight is 349 g/mol. The van der Waals surface area contributed by atoms with E-state index in [1.165, 1.54) is 7.11 Å². The predicted octanol–water partition coefficient (Wildman–Crippen LogP) is 2.24. The predicted molar refractivity (Wildman–Crippen MR) is 90.1 cm³/mol. The second kappa shape index (κ2) is 7.02. The van der Waals surface area contributed by atoms with E-state index in [0.717, 1.165) is 17.7 Å². The summed E-state index contributed by atoms with van der Waals surface area (Å²) >= 11 is 0. The second-order valence-electron chi connectivity index (χ2n) is 5.22. The third-order valence-electron chi connectivity index (χ3n) is 3.46. The van der Waals surface area contributed by atoms with Gasteiger partial charge in [0.2, 0.25) is 10.0 Å². The van der Waals surface area contributed by atoms with Crippen molar-refractivity contribution in [2.75, 3.05) is 13.7 Å². The van der Waals surface area contributed by atoms with Crippen molar-refractivity contribution in [1.29, 1.82) is 0 Å². The molecule has 0 fully saturated rings. The Morgan fingerprint density at radius 2 is 1.83 bits per heavy atom. The molecule has 0 heterocycles. The van der Waals surface area contributed by atoms with Gasteiger partial charge in [0, 0.05) is 18.2 Å². The largest absolute Gasteiger partial charge is 0.507 e. The summed E-state index contributed by atoms with van der Waals surface area (Å²) in [5, 5.41) is 10.1. The van der Waals surface area contributed by atoms with E-state index in [1.54, 1.807) is 31.2 Å². The van der Waals surface area contributed by atoms with Crippen molar-refractivity contribution >= 4 is 15.8 Å². The third-order valence-corrected chi connectivity index (χ3v) is 5.03. The zero-order valence-corrected chi connectivity index (χ0v) is 14.5. The second-order valence-corrected chi connectivity index (χ2v) is 6.95. The number of aryl methyl sites for hydroxylation is 1. The fourth-order valence-electron chi connectivity index (χ4n) is 2.23. The van der Waals surface area contributed by atoms with Gasteiger partial charge in [-0.05, 0) is 13.0 Å². The van der Waals surface area contributed by atoms with Crippen molar-refractivity contribution in [3.8, 4) is 11.5 Å². The quantitative estimate of drug-likeness (QED) is 0.780. The number of aromatic hydroxyl groups is 1. The highest BCUT2D eigenvalue weighted by Gasteiger charge is 2.24. The SMILES string of the molecule is CCNS(=O)(=O)c1cc(C(=O)c2ccc(C)cc2)c(O)cc1OC. The first-order valence-electron chi connectivity index (χ1n) is 7.32. The molecule has 2 aromatic carbocycles. The van der Waals surface area contributed by atoms with Gasteiger partial charge in [0.25, 0.3) is 0 Å². The van der Waals surface area contributed by atoms with E-state index in [1.807, 2.05) is 6.92 Å². The Morgan fingerprint density at radius 3 is 2.38 bits per heavy atom. The molecule has 0 amide bonds. The lowest BCUT2D eigenvalue weighted by molar-refractivity contribution is 0.103. The Hall–Kier alpha value is -2.38. The molecule has 0 saturated carbocycles. The summed E-state index contributed by atoms with van der Waals surface area (Å²) in [6, 6.07) is 9.05. The molecular weight excluding hydrogens is 330 g/mol. The summed E-state index contributed by atoms with van der Waals surface area (Å²) in [5.41, 5.74) is 1.24. The van der Waals surface area contributed by atoms with Gasteiger partial charge >= 0.3 is 0 Å². The van der Waals surface area contributed by atoms with Crippen LogP contribution in [0.3, 0.4) is 0 Å². The molecule has 24 heavy (non-hydrogen) atoms. The van der Waals surface area contributed by atoms with Crippen LogP contribution in [0.4, 0.5) is 0 Å². The Labute approximate surface area is 141 Å². The van der Waals surface area contributed by atoms with Crippen LogP contribution in [0.25, 0.3) is 0 Å². The lowest BCUT2D eigenvalue weighted by Crippen LogP contribution is -2.24. The molecule has 7 heteroatoms. The molecule has 0 aliphatic carbocycles. The van der Waals surface area contributed by atoms with Gasteiger partial charge in [-0.2, -0.15) is 0 Å². The molecular formula is C17H19NO5S. The maximum atomic E-state index is 12.6. The number of methoxy groups -OCH3 is 1. The van der Waals surface area contributed by atoms with Gasteiger partial charge in [0.05, 0.1) is 12.7 Å². The number of carbonyl (C=O) groups is 1. The van der Waals surface area contributed by atoms with Crippen molar-refractivity contribution in [1.82, 2.24) is 4.72 Å². The Morgan fingerprint density at radius 1 is 1.21 bits per heavy atom. The summed E-state index contributed by atoms with van der Waals surface area (Å²) in [5.74, 6) is -0.843. The maximum absolute atomic E-state index is 12.6. The van der Waals surface area contributed by atoms with Gasteiger partial charge < -0.3 is 9.84 Å². The van der Waals surface area contributed by atoms with E-state index in [0.29, 0.717) is 5.56 Å². The highest BCUT2D eigenvalue weighted by Crippen LogP contribution is 2.32. The lowest BCUT2D eigenvalue weighted by atomic mass is 10.0. The van der Waals surface area contributed by atoms with Crippen LogP contribution in [0.1, 0.15) is 28.4 Å². The van der Waals surface area contributed by atoms with Gasteiger partial charge in [-0.15, -0.1) is 0 Å². The molecule has 2 N–H and O–H groups in total. The Bertz CT molecular complexity index is 857. The van der Waals surface area contributed by atoms with Gasteiger partial charge in [0.1, 0.15) is 16.4 Å². The summed E-state index contributed by atoms with van der Waals surface area (Å²) in [4.78, 5) is 12.4. The number of hydrogen-bond acceptors (Lipinski definition) is 5. The van der Waals surface area contributed by atoms with E-state index in [-0.39, 0.29) is 28.5 Å². The van der Waals surface area contributed by atoms with Crippen LogP contribution in [0, 0.1) is 6.92 Å². The van der Waals surface area contributed by atoms with Crippen LogP contribution in [0.15, 0.2) is 41.3 Å². The van der Waals surface area contributed by atoms with E-state index >= 15 is 0 Å². The first kappa shape index (κ1) is 18.0. The van der Waals surface area contributed by atoms with Crippen LogP contribution in [-0.2, 0) is 10.0 Å². The Balaban J connectivity index is 2.59. The Kier molecular flexibility index (Phi) is 5.26. The molecule has 6 nitrogen and oxygen atoms in total. The van der Waals surface area contributed by atoms with Crippen LogP contribution in [-0.4, -0.2) is 33.0 Å². The number of carbonyl (C=O) groups excluding carboxylic acids is 1. The molecule has 0 aliphatic rings. The third kappa shape index (κ3) is 3.58. The monoisotopic (exact) mass is 349 g/mol. The van der Waals surface area contributed by atoms with Crippen LogP contribution < -0.4 is 9.46 Å². The number of phenols is 1. The van der Waals surface area contributed by atoms with Crippen molar-refractivity contribution < 1.29 is 23.1 Å². The van der Waals surface area contributed by atoms with Crippen molar-refractivity contribution in [2.45, 2.75) is 18.7 Å². The number of phenolic OH excluding ortho intramolecular Hbond substituents is 1. The zero-order valence-electron chi connectivity index (χ0n) is 13.7. The highest BCUT2D eigenvalue weighted by atomic mass is 32.2. The van der Waals surface area contributed by atoms with Crippen LogP contribution in [0.5, 0.6) is 11.5 Å². The normalized spacial score (nSPS) is 11.3. The fraction of sp³-hybridized carbons (Fsp3) is 0.235. The highest BCUT2D eigenvalue weighted by molar-refractivity contribution is 7.89. The van der Waals surface area contributed by atoms with E-state index in [9.17, 15) is 18.3 Å². The number of rotatable bonds is 6. The van der Waals surface area contributed by atoms with Crippen molar-refractivity contribution in [3.05, 3.63) is 53.1 Å². The standard InChI is InChI=1S/C17H19NO5S/c1-4-18-24(21,22)16-9-13(14(19)10-15(16)23-3)17(20)12-7-5-11(2)6-8-12/h5-10,18-19H,4H2,1-3H3. The summed E-state index contributed by atoms with van der Waals surface area (Å²) in [6.45, 7) is 3.72. The van der Waals surface area contributed by atoms with Crippen LogP contribution >= 0.6 is 0 Å². The lowest BCUT2D eigenvalue weighted by Gasteiger charge is -2.13. The summed E-state index contributed by atoms with van der Waals surface area (Å²) < 4.78 is 32.0. The maximum Gasteiger partial charge on any atom is 0.244 e. The molecule has 2 rings (SSSR count). The number of ether oxygens (including phenoxy) is 1. The number of ketones is 1. The van der Waals surface area contributed by atoms with Crippen molar-refractivity contribution in [3.63, 3.8) is 0 Å². The molecule has 0 saturated heterocycles. The van der Waals surface area contributed by atoms with Gasteiger partial charge in [-0.25, -0.2) is 13.1 Å². The number of nitrogens with one attached hydrogen (secondary N) is 1. The molecule has 128 valence electrons. The minimum Gasteiger partial charge on any atom is -0.507 e. The minimum atomic E-state index is -3.85. The minimum absolute atomic E-state index is 0.0334. The van der Waals surface area contributed by atoms with Crippen LogP contribution in [0.2, 0.25) is 0 Å². The first-order valence-corrected chi connectivity index (χ1v) is 8.80. The zero-order chi connectivity index (χ0) is 17.9. The summed E-state index contributed by atoms with van der Waals surface area (Å²) in [6.07, 6.45) is 0. The van der Waals surface area contributed by atoms with Gasteiger partial charge in [-0.1, -0.05) is 36.8 Å². The average Bonchev–Trinajstić information content (AvgIpc) is 2.54. The van der Waals surface area contributed by atoms with Gasteiger partial charge in [0.15, 0.2) is 5.78 Å². The molecule has 0 aliphatic heterocycles. The number of sulfonamides is 1. The molecule has 0 radical (unpaired) electrons. The fourth-order valence-corrected chi connectivity index (χ4v) is 3.44. The molecule has 0 aromatic heterocycles. The molecule has 0 unspecified atom stereocenters. The molecule has 0 atom stereocenters.